The number of rotatable bonds is 9. The van der Waals surface area contributed by atoms with Crippen molar-refractivity contribution < 1.29 is 23.1 Å². The number of amides is 2. The lowest BCUT2D eigenvalue weighted by Gasteiger charge is -2.40. The molecule has 3 unspecified atom stereocenters. The van der Waals surface area contributed by atoms with Gasteiger partial charge in [0.1, 0.15) is 6.04 Å². The predicted octanol–water partition coefficient (Wildman–Crippen LogP) is 4.27. The van der Waals surface area contributed by atoms with Crippen LogP contribution in [0.1, 0.15) is 33.6 Å². The minimum atomic E-state index is -3.38. The van der Waals surface area contributed by atoms with Crippen molar-refractivity contribution in [2.24, 2.45) is 5.92 Å². The normalized spacial score (nSPS) is 22.5. The van der Waals surface area contributed by atoms with Gasteiger partial charge in [-0.05, 0) is 70.0 Å². The molecular weight excluding hydrogens is 514 g/mol. The molecule has 2 aliphatic heterocycles. The summed E-state index contributed by atoms with van der Waals surface area (Å²) in [6, 6.07) is 13.4. The van der Waals surface area contributed by atoms with Gasteiger partial charge in [0.05, 0.1) is 28.6 Å². The highest BCUT2D eigenvalue weighted by molar-refractivity contribution is 7.90. The van der Waals surface area contributed by atoms with Crippen LogP contribution in [0.5, 0.6) is 0 Å². The van der Waals surface area contributed by atoms with Gasteiger partial charge in [-0.3, -0.25) is 9.59 Å². The zero-order valence-electron chi connectivity index (χ0n) is 22.6. The van der Waals surface area contributed by atoms with Gasteiger partial charge in [-0.1, -0.05) is 53.6 Å². The Balaban J connectivity index is 1.67. The molecule has 8 nitrogen and oxygen atoms in total. The lowest BCUT2D eigenvalue weighted by molar-refractivity contribution is -0.123. The number of hydrogen-bond acceptors (Lipinski definition) is 7. The summed E-state index contributed by atoms with van der Waals surface area (Å²) in [4.78, 5) is 28.5. The molecule has 206 valence electrons. The number of carbonyl (C=O) groups excluding carboxylic acids is 2. The fourth-order valence-corrected chi connectivity index (χ4v) is 5.54. The Morgan fingerprint density at radius 1 is 1.00 bits per heavy atom. The number of benzene rings is 2. The van der Waals surface area contributed by atoms with Crippen LogP contribution in [0.3, 0.4) is 0 Å². The van der Waals surface area contributed by atoms with E-state index in [0.717, 1.165) is 24.7 Å². The van der Waals surface area contributed by atoms with Crippen LogP contribution in [-0.4, -0.2) is 54.8 Å². The van der Waals surface area contributed by atoms with E-state index in [9.17, 15) is 23.1 Å². The number of anilines is 2. The molecule has 2 N–H and O–H groups in total. The van der Waals surface area contributed by atoms with Crippen molar-refractivity contribution in [2.75, 3.05) is 16.6 Å². The summed E-state index contributed by atoms with van der Waals surface area (Å²) < 4.78 is 23.8. The molecule has 39 heavy (non-hydrogen) atoms. The standard InChI is InChI=1S/C30H35N3O5S/c1-20(2)9-8-10-21(3)19-27(34)26-18-17-25-28(30(36)32(29(25)35)23-11-6-5-7-12-23)33(26)31-22-13-15-24(16-14-22)39(4,37)38/h5-7,9,11-19,25-28,31,34H,8,10H2,1-4H3/b21-19+/t25?,26?,27?,28-/m0/s1. The van der Waals surface area contributed by atoms with Gasteiger partial charge in [0.2, 0.25) is 5.91 Å². The van der Waals surface area contributed by atoms with E-state index in [1.165, 1.54) is 22.6 Å². The van der Waals surface area contributed by atoms with E-state index >= 15 is 0 Å². The van der Waals surface area contributed by atoms with Crippen molar-refractivity contribution >= 4 is 33.0 Å². The zero-order chi connectivity index (χ0) is 28.3. The molecule has 0 radical (unpaired) electrons. The second-order valence-corrected chi connectivity index (χ2v) is 12.3. The van der Waals surface area contributed by atoms with Crippen LogP contribution in [0, 0.1) is 5.92 Å². The Bertz CT molecular complexity index is 1410. The molecule has 1 saturated heterocycles. The van der Waals surface area contributed by atoms with Crippen LogP contribution in [0.2, 0.25) is 0 Å². The van der Waals surface area contributed by atoms with E-state index in [1.54, 1.807) is 59.6 Å². The van der Waals surface area contributed by atoms with Crippen molar-refractivity contribution in [1.82, 2.24) is 5.01 Å². The van der Waals surface area contributed by atoms with E-state index in [1.807, 2.05) is 26.8 Å². The largest absolute Gasteiger partial charge is 0.387 e. The maximum absolute atomic E-state index is 13.7. The second kappa shape index (κ2) is 11.7. The molecule has 2 aromatic carbocycles. The van der Waals surface area contributed by atoms with Gasteiger partial charge in [0, 0.05) is 11.9 Å². The minimum absolute atomic E-state index is 0.165. The van der Waals surface area contributed by atoms with Gasteiger partial charge in [0.25, 0.3) is 5.91 Å². The van der Waals surface area contributed by atoms with Gasteiger partial charge >= 0.3 is 0 Å². The number of carbonyl (C=O) groups is 2. The van der Waals surface area contributed by atoms with Gasteiger partial charge in [-0.25, -0.2) is 18.3 Å². The van der Waals surface area contributed by atoms with E-state index < -0.39 is 39.8 Å². The molecule has 9 heteroatoms. The summed E-state index contributed by atoms with van der Waals surface area (Å²) in [6.45, 7) is 6.05. The van der Waals surface area contributed by atoms with Crippen molar-refractivity contribution in [1.29, 1.82) is 0 Å². The molecule has 0 saturated carbocycles. The zero-order valence-corrected chi connectivity index (χ0v) is 23.4. The molecule has 2 aliphatic rings. The smallest absolute Gasteiger partial charge is 0.254 e. The summed E-state index contributed by atoms with van der Waals surface area (Å²) in [5, 5.41) is 12.9. The quantitative estimate of drug-likeness (QED) is 0.355. The first-order valence-corrected chi connectivity index (χ1v) is 14.8. The molecule has 2 heterocycles. The number of nitrogens with zero attached hydrogens (tertiary/aromatic N) is 2. The van der Waals surface area contributed by atoms with Crippen LogP contribution >= 0.6 is 0 Å². The van der Waals surface area contributed by atoms with Crippen molar-refractivity contribution in [3.8, 4) is 0 Å². The Kier molecular flexibility index (Phi) is 8.54. The van der Waals surface area contributed by atoms with Crippen molar-refractivity contribution in [3.63, 3.8) is 0 Å². The Morgan fingerprint density at radius 3 is 2.28 bits per heavy atom. The molecule has 4 rings (SSSR count). The lowest BCUT2D eigenvalue weighted by atomic mass is 9.92. The summed E-state index contributed by atoms with van der Waals surface area (Å²) in [7, 11) is -3.38. The van der Waals surface area contributed by atoms with Gasteiger partial charge < -0.3 is 10.5 Å². The van der Waals surface area contributed by atoms with E-state index in [-0.39, 0.29) is 10.8 Å². The van der Waals surface area contributed by atoms with E-state index in [0.29, 0.717) is 11.4 Å². The highest BCUT2D eigenvalue weighted by Gasteiger charge is 2.53. The first-order chi connectivity index (χ1) is 18.5. The molecule has 0 aliphatic carbocycles. The third kappa shape index (κ3) is 6.38. The summed E-state index contributed by atoms with van der Waals surface area (Å²) in [6.07, 6.45) is 9.19. The maximum atomic E-state index is 13.7. The molecule has 0 bridgehead atoms. The third-order valence-corrected chi connectivity index (χ3v) is 8.04. The Morgan fingerprint density at radius 2 is 1.67 bits per heavy atom. The molecule has 2 amide bonds. The molecule has 0 aromatic heterocycles. The maximum Gasteiger partial charge on any atom is 0.254 e. The highest BCUT2D eigenvalue weighted by Crippen LogP contribution is 2.36. The third-order valence-electron chi connectivity index (χ3n) is 6.91. The number of aliphatic hydroxyl groups excluding tert-OH is 1. The number of fused-ring (bicyclic) bond motifs is 1. The molecular formula is C30H35N3O5S. The monoisotopic (exact) mass is 549 g/mol. The average molecular weight is 550 g/mol. The molecule has 2 aromatic rings. The molecule has 0 spiro atoms. The minimum Gasteiger partial charge on any atom is -0.387 e. The number of allylic oxidation sites excluding steroid dienone is 3. The highest BCUT2D eigenvalue weighted by atomic mass is 32.2. The van der Waals surface area contributed by atoms with Crippen LogP contribution in [0.25, 0.3) is 0 Å². The van der Waals surface area contributed by atoms with E-state index in [4.69, 9.17) is 0 Å². The summed E-state index contributed by atoms with van der Waals surface area (Å²) >= 11 is 0. The summed E-state index contributed by atoms with van der Waals surface area (Å²) in [5.41, 5.74) is 6.45. The number of nitrogens with one attached hydrogen (secondary N) is 1. The Labute approximate surface area is 230 Å². The number of sulfone groups is 1. The number of para-hydroxylation sites is 1. The first kappa shape index (κ1) is 28.5. The SMILES string of the molecule is CC(C)=CCC/C(C)=C/C(O)C1C=CC2C(=O)N(c3ccccc3)C(=O)[C@H]2N1Nc1ccc(S(C)(=O)=O)cc1. The van der Waals surface area contributed by atoms with Crippen molar-refractivity contribution in [2.45, 2.75) is 56.7 Å². The lowest BCUT2D eigenvalue weighted by Crippen LogP contribution is -2.57. The topological polar surface area (TPSA) is 107 Å². The van der Waals surface area contributed by atoms with Gasteiger partial charge in [0.15, 0.2) is 9.84 Å². The number of aliphatic hydroxyl groups is 1. The summed E-state index contributed by atoms with van der Waals surface area (Å²) in [5.74, 6) is -1.48. The Hall–Kier alpha value is -3.53. The van der Waals surface area contributed by atoms with Gasteiger partial charge in [-0.15, -0.1) is 0 Å². The fraction of sp³-hybridized carbons (Fsp3) is 0.333. The number of imide groups is 1. The first-order valence-electron chi connectivity index (χ1n) is 12.9. The van der Waals surface area contributed by atoms with Crippen LogP contribution in [-0.2, 0) is 19.4 Å². The molecule has 4 atom stereocenters. The van der Waals surface area contributed by atoms with Crippen molar-refractivity contribution in [3.05, 3.63) is 90.0 Å². The fourth-order valence-electron chi connectivity index (χ4n) is 4.91. The van der Waals surface area contributed by atoms with Gasteiger partial charge in [-0.2, -0.15) is 0 Å². The van der Waals surface area contributed by atoms with Crippen LogP contribution in [0.15, 0.2) is 94.9 Å². The number of hydrazine groups is 1. The van der Waals surface area contributed by atoms with E-state index in [2.05, 4.69) is 11.5 Å². The van der Waals surface area contributed by atoms with Crippen LogP contribution < -0.4 is 10.3 Å². The second-order valence-electron chi connectivity index (χ2n) is 10.3. The predicted molar refractivity (Wildman–Crippen MR) is 153 cm³/mol. The van der Waals surface area contributed by atoms with Crippen LogP contribution in [0.4, 0.5) is 11.4 Å². The average Bonchev–Trinajstić information content (AvgIpc) is 3.14. The number of hydrogen-bond donors (Lipinski definition) is 2. The molecule has 1 fully saturated rings.